The first-order valence-electron chi connectivity index (χ1n) is 7.46. The van der Waals surface area contributed by atoms with Crippen molar-refractivity contribution in [3.63, 3.8) is 0 Å². The lowest BCUT2D eigenvalue weighted by molar-refractivity contribution is -0.114. The molecule has 1 amide bonds. The van der Waals surface area contributed by atoms with Crippen LogP contribution < -0.4 is 4.90 Å². The van der Waals surface area contributed by atoms with E-state index in [0.29, 0.717) is 19.0 Å². The summed E-state index contributed by atoms with van der Waals surface area (Å²) >= 11 is 1.58. The van der Waals surface area contributed by atoms with E-state index in [1.807, 2.05) is 30.8 Å². The molecule has 0 radical (unpaired) electrons. The topological polar surface area (TPSA) is 60.3 Å². The highest BCUT2D eigenvalue weighted by Gasteiger charge is 2.18. The number of thiazole rings is 1. The van der Waals surface area contributed by atoms with Gasteiger partial charge in [-0.2, -0.15) is 5.10 Å². The summed E-state index contributed by atoms with van der Waals surface area (Å²) in [5, 5.41) is 5.47. The van der Waals surface area contributed by atoms with Gasteiger partial charge in [0.25, 0.3) is 5.91 Å². The second-order valence-electron chi connectivity index (χ2n) is 5.34. The SMILES string of the molecule is C=CC(=O)N(Cc1cnc(CCOC)s1)c1ccn(C(C)C)n1. The molecule has 23 heavy (non-hydrogen) atoms. The van der Waals surface area contributed by atoms with E-state index in [1.165, 1.54) is 6.08 Å². The number of carbonyl (C=O) groups is 1. The van der Waals surface area contributed by atoms with Crippen LogP contribution in [0, 0.1) is 0 Å². The largest absolute Gasteiger partial charge is 0.384 e. The minimum atomic E-state index is -0.175. The lowest BCUT2D eigenvalue weighted by Crippen LogP contribution is -2.28. The number of methoxy groups -OCH3 is 1. The molecule has 2 rings (SSSR count). The molecule has 6 nitrogen and oxygen atoms in total. The summed E-state index contributed by atoms with van der Waals surface area (Å²) in [7, 11) is 1.67. The molecule has 0 aromatic carbocycles. The molecular weight excluding hydrogens is 312 g/mol. The van der Waals surface area contributed by atoms with Crippen LogP contribution in [0.25, 0.3) is 0 Å². The molecule has 0 atom stereocenters. The van der Waals surface area contributed by atoms with E-state index in [2.05, 4.69) is 16.7 Å². The molecule has 2 aromatic rings. The van der Waals surface area contributed by atoms with Crippen molar-refractivity contribution in [1.82, 2.24) is 14.8 Å². The number of amides is 1. The number of carbonyl (C=O) groups excluding carboxylic acids is 1. The van der Waals surface area contributed by atoms with Gasteiger partial charge in [-0.1, -0.05) is 6.58 Å². The van der Waals surface area contributed by atoms with E-state index in [9.17, 15) is 4.79 Å². The molecule has 7 heteroatoms. The van der Waals surface area contributed by atoms with Crippen LogP contribution in [-0.2, 0) is 22.5 Å². The summed E-state index contributed by atoms with van der Waals surface area (Å²) in [4.78, 5) is 19.2. The maximum atomic E-state index is 12.2. The monoisotopic (exact) mass is 334 g/mol. The normalized spacial score (nSPS) is 11.0. The Morgan fingerprint density at radius 3 is 2.96 bits per heavy atom. The average molecular weight is 334 g/mol. The number of aromatic nitrogens is 3. The summed E-state index contributed by atoms with van der Waals surface area (Å²) in [5.41, 5.74) is 0. The smallest absolute Gasteiger partial charge is 0.251 e. The van der Waals surface area contributed by atoms with Gasteiger partial charge in [0.1, 0.15) is 0 Å². The van der Waals surface area contributed by atoms with Crippen molar-refractivity contribution < 1.29 is 9.53 Å². The minimum absolute atomic E-state index is 0.175. The average Bonchev–Trinajstić information content (AvgIpc) is 3.19. The van der Waals surface area contributed by atoms with Crippen molar-refractivity contribution in [1.29, 1.82) is 0 Å². The molecule has 0 unspecified atom stereocenters. The highest BCUT2D eigenvalue weighted by Crippen LogP contribution is 2.21. The fourth-order valence-electron chi connectivity index (χ4n) is 2.02. The maximum Gasteiger partial charge on any atom is 0.251 e. The van der Waals surface area contributed by atoms with Crippen LogP contribution in [-0.4, -0.2) is 34.4 Å². The molecule has 0 saturated carbocycles. The molecule has 0 fully saturated rings. The number of ether oxygens (including phenoxy) is 1. The highest BCUT2D eigenvalue weighted by atomic mass is 32.1. The lowest BCUT2D eigenvalue weighted by Gasteiger charge is -2.17. The van der Waals surface area contributed by atoms with Gasteiger partial charge in [0.05, 0.1) is 18.2 Å². The molecule has 2 aromatic heterocycles. The van der Waals surface area contributed by atoms with Gasteiger partial charge in [-0.25, -0.2) is 4.98 Å². The Hall–Kier alpha value is -1.99. The second kappa shape index (κ2) is 8.03. The van der Waals surface area contributed by atoms with Crippen molar-refractivity contribution in [2.45, 2.75) is 32.9 Å². The molecule has 0 aliphatic heterocycles. The number of anilines is 1. The van der Waals surface area contributed by atoms with Gasteiger partial charge < -0.3 is 4.74 Å². The number of hydrogen-bond acceptors (Lipinski definition) is 5. The Balaban J connectivity index is 2.16. The Labute approximate surface area is 140 Å². The molecule has 0 bridgehead atoms. The number of hydrogen-bond donors (Lipinski definition) is 0. The maximum absolute atomic E-state index is 12.2. The van der Waals surface area contributed by atoms with Gasteiger partial charge in [-0.05, 0) is 19.9 Å². The fraction of sp³-hybridized carbons (Fsp3) is 0.438. The molecule has 0 aliphatic rings. The first-order chi connectivity index (χ1) is 11.0. The molecule has 124 valence electrons. The van der Waals surface area contributed by atoms with E-state index >= 15 is 0 Å². The number of nitrogens with zero attached hydrogens (tertiary/aromatic N) is 4. The van der Waals surface area contributed by atoms with E-state index in [0.717, 1.165) is 16.3 Å². The Morgan fingerprint density at radius 2 is 2.35 bits per heavy atom. The third-order valence-corrected chi connectivity index (χ3v) is 4.32. The zero-order chi connectivity index (χ0) is 16.8. The van der Waals surface area contributed by atoms with Gasteiger partial charge >= 0.3 is 0 Å². The Kier molecular flexibility index (Phi) is 6.06. The van der Waals surface area contributed by atoms with Crippen molar-refractivity contribution in [3.8, 4) is 0 Å². The third-order valence-electron chi connectivity index (χ3n) is 3.28. The highest BCUT2D eigenvalue weighted by molar-refractivity contribution is 7.11. The van der Waals surface area contributed by atoms with Gasteiger partial charge in [0.2, 0.25) is 0 Å². The Bertz CT molecular complexity index is 663. The summed E-state index contributed by atoms with van der Waals surface area (Å²) in [6.45, 7) is 8.74. The lowest BCUT2D eigenvalue weighted by atomic mass is 10.4. The first kappa shape index (κ1) is 17.4. The van der Waals surface area contributed by atoms with Crippen LogP contribution in [0.5, 0.6) is 0 Å². The molecular formula is C16H22N4O2S. The zero-order valence-electron chi connectivity index (χ0n) is 13.7. The number of rotatable bonds is 8. The van der Waals surface area contributed by atoms with E-state index < -0.39 is 0 Å². The van der Waals surface area contributed by atoms with Crippen LogP contribution >= 0.6 is 11.3 Å². The van der Waals surface area contributed by atoms with Crippen LogP contribution in [0.1, 0.15) is 29.8 Å². The molecule has 0 aliphatic carbocycles. The summed E-state index contributed by atoms with van der Waals surface area (Å²) in [5.74, 6) is 0.446. The van der Waals surface area contributed by atoms with E-state index in [1.54, 1.807) is 29.5 Å². The first-order valence-corrected chi connectivity index (χ1v) is 8.28. The van der Waals surface area contributed by atoms with Gasteiger partial charge in [-0.15, -0.1) is 11.3 Å². The van der Waals surface area contributed by atoms with Crippen molar-refractivity contribution >= 4 is 23.1 Å². The van der Waals surface area contributed by atoms with Crippen molar-refractivity contribution in [2.24, 2.45) is 0 Å². The van der Waals surface area contributed by atoms with Crippen LogP contribution in [0.4, 0.5) is 5.82 Å². The standard InChI is InChI=1S/C16H22N4O2S/c1-5-16(21)19(14-6-8-20(18-14)12(2)3)11-13-10-17-15(23-13)7-9-22-4/h5-6,8,10,12H,1,7,9,11H2,2-4H3. The van der Waals surface area contributed by atoms with Crippen LogP contribution in [0.2, 0.25) is 0 Å². The van der Waals surface area contributed by atoms with Crippen molar-refractivity contribution in [3.05, 3.63) is 41.0 Å². The van der Waals surface area contributed by atoms with E-state index in [4.69, 9.17) is 4.74 Å². The van der Waals surface area contributed by atoms with Gasteiger partial charge in [0.15, 0.2) is 5.82 Å². The summed E-state index contributed by atoms with van der Waals surface area (Å²) in [6.07, 6.45) is 5.76. The third kappa shape index (κ3) is 4.49. The zero-order valence-corrected chi connectivity index (χ0v) is 14.5. The predicted molar refractivity (Wildman–Crippen MR) is 91.7 cm³/mol. The predicted octanol–water partition coefficient (Wildman–Crippen LogP) is 2.83. The summed E-state index contributed by atoms with van der Waals surface area (Å²) in [6, 6.07) is 2.09. The quantitative estimate of drug-likeness (QED) is 0.697. The van der Waals surface area contributed by atoms with Gasteiger partial charge in [0, 0.05) is 42.9 Å². The van der Waals surface area contributed by atoms with Crippen LogP contribution in [0.15, 0.2) is 31.1 Å². The summed E-state index contributed by atoms with van der Waals surface area (Å²) < 4.78 is 6.89. The van der Waals surface area contributed by atoms with Gasteiger partial charge in [-0.3, -0.25) is 14.4 Å². The molecule has 0 N–H and O–H groups in total. The van der Waals surface area contributed by atoms with Crippen molar-refractivity contribution in [2.75, 3.05) is 18.6 Å². The second-order valence-corrected chi connectivity index (χ2v) is 6.54. The minimum Gasteiger partial charge on any atom is -0.384 e. The van der Waals surface area contributed by atoms with Crippen LogP contribution in [0.3, 0.4) is 0 Å². The fourth-order valence-corrected chi connectivity index (χ4v) is 2.92. The van der Waals surface area contributed by atoms with E-state index in [-0.39, 0.29) is 11.9 Å². The Morgan fingerprint density at radius 1 is 1.57 bits per heavy atom. The molecule has 2 heterocycles. The molecule has 0 saturated heterocycles. The molecule has 0 spiro atoms.